The summed E-state index contributed by atoms with van der Waals surface area (Å²) in [4.78, 5) is 12.0. The van der Waals surface area contributed by atoms with Gasteiger partial charge in [0.2, 0.25) is 0 Å². The molecule has 0 aliphatic rings. The average Bonchev–Trinajstić information content (AvgIpc) is 2.37. The molecule has 18 heavy (non-hydrogen) atoms. The van der Waals surface area contributed by atoms with Crippen molar-refractivity contribution in [1.82, 2.24) is 0 Å². The van der Waals surface area contributed by atoms with Crippen LogP contribution in [0.15, 0.2) is 42.5 Å². The lowest BCUT2D eigenvalue weighted by atomic mass is 10.0. The highest BCUT2D eigenvalue weighted by Crippen LogP contribution is 2.35. The summed E-state index contributed by atoms with van der Waals surface area (Å²) >= 11 is 5.68. The molecule has 0 spiro atoms. The van der Waals surface area contributed by atoms with Gasteiger partial charge in [-0.1, -0.05) is 41.9 Å². The van der Waals surface area contributed by atoms with Gasteiger partial charge in [0.15, 0.2) is 5.78 Å². The molecule has 0 amide bonds. The number of aromatic hydroxyl groups is 2. The number of rotatable bonds is 3. The van der Waals surface area contributed by atoms with Crippen molar-refractivity contribution in [2.75, 3.05) is 0 Å². The van der Waals surface area contributed by atoms with Crippen LogP contribution in [-0.2, 0) is 6.42 Å². The van der Waals surface area contributed by atoms with Crippen LogP contribution >= 0.6 is 11.6 Å². The Morgan fingerprint density at radius 2 is 1.72 bits per heavy atom. The van der Waals surface area contributed by atoms with E-state index in [0.717, 1.165) is 5.56 Å². The van der Waals surface area contributed by atoms with Gasteiger partial charge in [-0.3, -0.25) is 4.79 Å². The Hall–Kier alpha value is -2.00. The fourth-order valence-corrected chi connectivity index (χ4v) is 1.82. The molecular formula is C14H11ClO3. The van der Waals surface area contributed by atoms with Crippen LogP contribution in [0.4, 0.5) is 0 Å². The smallest absolute Gasteiger partial charge is 0.171 e. The molecular weight excluding hydrogens is 252 g/mol. The molecule has 2 N–H and O–H groups in total. The van der Waals surface area contributed by atoms with Crippen LogP contribution in [-0.4, -0.2) is 16.0 Å². The van der Waals surface area contributed by atoms with Gasteiger partial charge in [-0.2, -0.15) is 0 Å². The van der Waals surface area contributed by atoms with Gasteiger partial charge in [-0.05, 0) is 17.7 Å². The lowest BCUT2D eigenvalue weighted by molar-refractivity contribution is 0.0990. The van der Waals surface area contributed by atoms with Crippen LogP contribution in [0.25, 0.3) is 0 Å². The predicted octanol–water partition coefficient (Wildman–Crippen LogP) is 3.18. The van der Waals surface area contributed by atoms with Gasteiger partial charge in [0.25, 0.3) is 0 Å². The number of carbonyl (C=O) groups is 1. The lowest BCUT2D eigenvalue weighted by Gasteiger charge is -2.06. The first-order valence-corrected chi connectivity index (χ1v) is 5.75. The molecule has 0 saturated heterocycles. The van der Waals surface area contributed by atoms with E-state index in [1.165, 1.54) is 12.1 Å². The summed E-state index contributed by atoms with van der Waals surface area (Å²) < 4.78 is 0. The van der Waals surface area contributed by atoms with Crippen molar-refractivity contribution in [2.45, 2.75) is 6.42 Å². The van der Waals surface area contributed by atoms with E-state index in [4.69, 9.17) is 11.6 Å². The van der Waals surface area contributed by atoms with Crippen molar-refractivity contribution in [1.29, 1.82) is 0 Å². The molecule has 4 heteroatoms. The van der Waals surface area contributed by atoms with E-state index in [1.54, 1.807) is 0 Å². The number of carbonyl (C=O) groups excluding carboxylic acids is 1. The molecule has 0 aliphatic carbocycles. The molecule has 0 aliphatic heterocycles. The number of ketones is 1. The van der Waals surface area contributed by atoms with Crippen molar-refractivity contribution in [3.05, 3.63) is 58.6 Å². The Kier molecular flexibility index (Phi) is 3.53. The predicted molar refractivity (Wildman–Crippen MR) is 69.3 cm³/mol. The summed E-state index contributed by atoms with van der Waals surface area (Å²) in [6.07, 6.45) is 0.176. The molecule has 0 unspecified atom stereocenters. The molecule has 3 nitrogen and oxygen atoms in total. The monoisotopic (exact) mass is 262 g/mol. The van der Waals surface area contributed by atoms with Gasteiger partial charge < -0.3 is 10.2 Å². The van der Waals surface area contributed by atoms with Gasteiger partial charge in [0.05, 0.1) is 5.56 Å². The molecule has 0 bridgehead atoms. The second kappa shape index (κ2) is 5.10. The summed E-state index contributed by atoms with van der Waals surface area (Å²) in [6, 6.07) is 11.9. The largest absolute Gasteiger partial charge is 0.506 e. The summed E-state index contributed by atoms with van der Waals surface area (Å²) in [7, 11) is 0. The van der Waals surface area contributed by atoms with E-state index in [0.29, 0.717) is 0 Å². The third-order valence-corrected chi connectivity index (χ3v) is 2.98. The number of hydrogen-bond donors (Lipinski definition) is 2. The van der Waals surface area contributed by atoms with Crippen molar-refractivity contribution in [2.24, 2.45) is 0 Å². The van der Waals surface area contributed by atoms with E-state index in [1.807, 2.05) is 30.3 Å². The highest BCUT2D eigenvalue weighted by atomic mass is 35.5. The SMILES string of the molecule is O=C(Cc1ccccc1)c1ccc(O)c(Cl)c1O. The normalized spacial score (nSPS) is 10.3. The van der Waals surface area contributed by atoms with Crippen molar-refractivity contribution < 1.29 is 15.0 Å². The average molecular weight is 263 g/mol. The molecule has 0 heterocycles. The van der Waals surface area contributed by atoms with Crippen LogP contribution in [0.1, 0.15) is 15.9 Å². The van der Waals surface area contributed by atoms with Crippen molar-refractivity contribution in [3.8, 4) is 11.5 Å². The minimum absolute atomic E-state index is 0.113. The Morgan fingerprint density at radius 3 is 2.39 bits per heavy atom. The number of phenols is 2. The maximum Gasteiger partial charge on any atom is 0.171 e. The highest BCUT2D eigenvalue weighted by molar-refractivity contribution is 6.34. The zero-order valence-electron chi connectivity index (χ0n) is 9.43. The summed E-state index contributed by atoms with van der Waals surface area (Å²) in [5.74, 6) is -0.872. The van der Waals surface area contributed by atoms with Crippen molar-refractivity contribution in [3.63, 3.8) is 0 Å². The summed E-state index contributed by atoms with van der Waals surface area (Å²) in [6.45, 7) is 0. The second-order valence-electron chi connectivity index (χ2n) is 3.88. The standard InChI is InChI=1S/C14H11ClO3/c15-13-11(16)7-6-10(14(13)18)12(17)8-9-4-2-1-3-5-9/h1-7,16,18H,8H2. The Morgan fingerprint density at radius 1 is 1.06 bits per heavy atom. The molecule has 0 radical (unpaired) electrons. The van der Waals surface area contributed by atoms with Crippen LogP contribution < -0.4 is 0 Å². The first kappa shape index (κ1) is 12.5. The molecule has 92 valence electrons. The number of benzene rings is 2. The number of halogens is 1. The van der Waals surface area contributed by atoms with Gasteiger partial charge in [0.1, 0.15) is 16.5 Å². The first-order chi connectivity index (χ1) is 8.59. The Balaban J connectivity index is 2.28. The molecule has 2 aromatic carbocycles. The molecule has 2 rings (SSSR count). The minimum Gasteiger partial charge on any atom is -0.506 e. The number of Topliss-reactive ketones (excluding diaryl/α,β-unsaturated/α-hetero) is 1. The minimum atomic E-state index is -0.377. The molecule has 0 aromatic heterocycles. The fourth-order valence-electron chi connectivity index (χ4n) is 1.66. The van der Waals surface area contributed by atoms with Crippen LogP contribution in [0, 0.1) is 0 Å². The van der Waals surface area contributed by atoms with E-state index in [-0.39, 0.29) is 34.3 Å². The van der Waals surface area contributed by atoms with Crippen molar-refractivity contribution >= 4 is 17.4 Å². The third-order valence-electron chi connectivity index (χ3n) is 2.60. The zero-order valence-corrected chi connectivity index (χ0v) is 10.2. The van der Waals surface area contributed by atoms with Crippen LogP contribution in [0.5, 0.6) is 11.5 Å². The zero-order chi connectivity index (χ0) is 13.1. The molecule has 0 atom stereocenters. The Bertz CT molecular complexity index is 579. The van der Waals surface area contributed by atoms with Gasteiger partial charge in [0, 0.05) is 6.42 Å². The van der Waals surface area contributed by atoms with E-state index < -0.39 is 0 Å². The second-order valence-corrected chi connectivity index (χ2v) is 4.26. The maximum atomic E-state index is 12.0. The van der Waals surface area contributed by atoms with Crippen LogP contribution in [0.3, 0.4) is 0 Å². The quantitative estimate of drug-likeness (QED) is 0.836. The first-order valence-electron chi connectivity index (χ1n) is 5.37. The summed E-state index contributed by atoms with van der Waals surface area (Å²) in [5, 5.41) is 18.8. The van der Waals surface area contributed by atoms with Gasteiger partial charge in [-0.25, -0.2) is 0 Å². The van der Waals surface area contributed by atoms with E-state index in [2.05, 4.69) is 0 Å². The maximum absolute atomic E-state index is 12.0. The van der Waals surface area contributed by atoms with E-state index in [9.17, 15) is 15.0 Å². The molecule has 0 saturated carbocycles. The number of hydrogen-bond acceptors (Lipinski definition) is 3. The molecule has 0 fully saturated rings. The highest BCUT2D eigenvalue weighted by Gasteiger charge is 2.16. The van der Waals surface area contributed by atoms with E-state index >= 15 is 0 Å². The Labute approximate surface area is 109 Å². The van der Waals surface area contributed by atoms with Gasteiger partial charge >= 0.3 is 0 Å². The van der Waals surface area contributed by atoms with Crippen LogP contribution in [0.2, 0.25) is 5.02 Å². The topological polar surface area (TPSA) is 57.5 Å². The fraction of sp³-hybridized carbons (Fsp3) is 0.0714. The third kappa shape index (κ3) is 2.46. The number of phenolic OH excluding ortho intramolecular Hbond substituents is 2. The lowest BCUT2D eigenvalue weighted by Crippen LogP contribution is -2.03. The summed E-state index contributed by atoms with van der Waals surface area (Å²) in [5.41, 5.74) is 0.966. The van der Waals surface area contributed by atoms with Gasteiger partial charge in [-0.15, -0.1) is 0 Å². The molecule has 2 aromatic rings.